The van der Waals surface area contributed by atoms with Crippen LogP contribution in [-0.4, -0.2) is 9.78 Å². The molecule has 1 atom stereocenters. The number of benzene rings is 1. The predicted molar refractivity (Wildman–Crippen MR) is 71.1 cm³/mol. The summed E-state index contributed by atoms with van der Waals surface area (Å²) in [6.45, 7) is 3.76. The molecule has 2 aromatic rings. The van der Waals surface area contributed by atoms with Crippen LogP contribution in [0.15, 0.2) is 34.2 Å². The van der Waals surface area contributed by atoms with Gasteiger partial charge in [0.25, 0.3) is 0 Å². The Kier molecular flexibility index (Phi) is 3.73. The molecular weight excluding hydrogens is 249 g/mol. The average Bonchev–Trinajstić information content (AvgIpc) is 2.60. The first-order valence-electron chi connectivity index (χ1n) is 5.71. The molecule has 18 heavy (non-hydrogen) atoms. The van der Waals surface area contributed by atoms with Crippen LogP contribution in [0.4, 0.5) is 4.39 Å². The van der Waals surface area contributed by atoms with Crippen molar-refractivity contribution < 1.29 is 4.39 Å². The second-order valence-corrected chi connectivity index (χ2v) is 5.39. The number of nitrogens with zero attached hydrogens (tertiary/aromatic N) is 2. The molecule has 0 aliphatic heterocycles. The highest BCUT2D eigenvalue weighted by Crippen LogP contribution is 2.31. The molecule has 0 saturated heterocycles. The Labute approximate surface area is 110 Å². The fourth-order valence-corrected chi connectivity index (χ4v) is 2.60. The van der Waals surface area contributed by atoms with Crippen molar-refractivity contribution in [3.8, 4) is 0 Å². The number of aryl methyl sites for hydroxylation is 2. The zero-order chi connectivity index (χ0) is 13.3. The van der Waals surface area contributed by atoms with E-state index in [4.69, 9.17) is 5.73 Å². The van der Waals surface area contributed by atoms with Gasteiger partial charge in [-0.15, -0.1) is 0 Å². The summed E-state index contributed by atoms with van der Waals surface area (Å²) in [7, 11) is 1.85. The number of hydrogen-bond donors (Lipinski definition) is 1. The molecule has 1 heterocycles. The van der Waals surface area contributed by atoms with E-state index in [1.165, 1.54) is 17.8 Å². The van der Waals surface area contributed by atoms with Crippen LogP contribution in [0.1, 0.15) is 24.2 Å². The summed E-state index contributed by atoms with van der Waals surface area (Å²) in [6, 6.07) is 6.90. The van der Waals surface area contributed by atoms with Crippen LogP contribution in [0.5, 0.6) is 0 Å². The largest absolute Gasteiger partial charge is 0.324 e. The second-order valence-electron chi connectivity index (χ2n) is 4.33. The first-order valence-corrected chi connectivity index (χ1v) is 6.52. The normalized spacial score (nSPS) is 12.7. The molecule has 96 valence electrons. The molecule has 1 aromatic heterocycles. The minimum atomic E-state index is -0.242. The van der Waals surface area contributed by atoms with Crippen molar-refractivity contribution in [3.63, 3.8) is 0 Å². The Bertz CT molecular complexity index is 563. The van der Waals surface area contributed by atoms with Crippen molar-refractivity contribution in [2.45, 2.75) is 29.8 Å². The van der Waals surface area contributed by atoms with Gasteiger partial charge >= 0.3 is 0 Å². The molecular formula is C13H16FN3S. The summed E-state index contributed by atoms with van der Waals surface area (Å²) in [6.07, 6.45) is 0. The van der Waals surface area contributed by atoms with Gasteiger partial charge in [0.05, 0.1) is 10.7 Å². The van der Waals surface area contributed by atoms with Gasteiger partial charge in [-0.1, -0.05) is 17.8 Å². The molecule has 0 radical (unpaired) electrons. The molecule has 2 N–H and O–H groups in total. The standard InChI is InChI=1S/C13H16FN3S/c1-8-6-13(17(3)16-8)18-12-5-4-10(9(2)15)7-11(12)14/h4-7,9H,15H2,1-3H3. The Morgan fingerprint density at radius 3 is 2.61 bits per heavy atom. The number of rotatable bonds is 3. The highest BCUT2D eigenvalue weighted by molar-refractivity contribution is 7.99. The van der Waals surface area contributed by atoms with Crippen LogP contribution in [0.2, 0.25) is 0 Å². The molecule has 0 amide bonds. The van der Waals surface area contributed by atoms with E-state index in [1.807, 2.05) is 33.0 Å². The van der Waals surface area contributed by atoms with Gasteiger partial charge in [-0.3, -0.25) is 4.68 Å². The summed E-state index contributed by atoms with van der Waals surface area (Å²) in [5, 5.41) is 5.15. The molecule has 0 spiro atoms. The number of hydrogen-bond acceptors (Lipinski definition) is 3. The van der Waals surface area contributed by atoms with Crippen molar-refractivity contribution in [1.29, 1.82) is 0 Å². The fraction of sp³-hybridized carbons (Fsp3) is 0.308. The van der Waals surface area contributed by atoms with Gasteiger partial charge in [-0.2, -0.15) is 5.10 Å². The lowest BCUT2D eigenvalue weighted by Gasteiger charge is -2.08. The number of halogens is 1. The zero-order valence-corrected chi connectivity index (χ0v) is 11.5. The van der Waals surface area contributed by atoms with Crippen LogP contribution in [0.25, 0.3) is 0 Å². The Morgan fingerprint density at radius 2 is 2.11 bits per heavy atom. The molecule has 0 saturated carbocycles. The van der Waals surface area contributed by atoms with E-state index in [9.17, 15) is 4.39 Å². The van der Waals surface area contributed by atoms with E-state index < -0.39 is 0 Å². The lowest BCUT2D eigenvalue weighted by Crippen LogP contribution is -2.05. The van der Waals surface area contributed by atoms with Gasteiger partial charge in [-0.25, -0.2) is 4.39 Å². The lowest BCUT2D eigenvalue weighted by atomic mass is 10.1. The van der Waals surface area contributed by atoms with Crippen LogP contribution in [0.3, 0.4) is 0 Å². The van der Waals surface area contributed by atoms with E-state index in [2.05, 4.69) is 5.10 Å². The van der Waals surface area contributed by atoms with Crippen molar-refractivity contribution in [2.24, 2.45) is 12.8 Å². The highest BCUT2D eigenvalue weighted by atomic mass is 32.2. The SMILES string of the molecule is Cc1cc(Sc2ccc(C(C)N)cc2F)n(C)n1. The summed E-state index contributed by atoms with van der Waals surface area (Å²) in [5.74, 6) is -0.242. The zero-order valence-electron chi connectivity index (χ0n) is 10.6. The molecule has 5 heteroatoms. The molecule has 0 bridgehead atoms. The molecule has 2 rings (SSSR count). The van der Waals surface area contributed by atoms with Crippen molar-refractivity contribution in [1.82, 2.24) is 9.78 Å². The van der Waals surface area contributed by atoms with Gasteiger partial charge in [0.2, 0.25) is 0 Å². The van der Waals surface area contributed by atoms with E-state index in [1.54, 1.807) is 10.7 Å². The summed E-state index contributed by atoms with van der Waals surface area (Å²) in [5.41, 5.74) is 7.45. The maximum Gasteiger partial charge on any atom is 0.137 e. The monoisotopic (exact) mass is 265 g/mol. The molecule has 0 fully saturated rings. The second kappa shape index (κ2) is 5.12. The minimum Gasteiger partial charge on any atom is -0.324 e. The fourth-order valence-electron chi connectivity index (χ4n) is 1.68. The van der Waals surface area contributed by atoms with Crippen LogP contribution in [0, 0.1) is 12.7 Å². The minimum absolute atomic E-state index is 0.155. The van der Waals surface area contributed by atoms with Gasteiger partial charge in [0.1, 0.15) is 5.82 Å². The van der Waals surface area contributed by atoms with Crippen molar-refractivity contribution in [3.05, 3.63) is 41.3 Å². The third kappa shape index (κ3) is 2.73. The maximum atomic E-state index is 13.9. The van der Waals surface area contributed by atoms with Crippen molar-refractivity contribution >= 4 is 11.8 Å². The Balaban J connectivity index is 2.27. The van der Waals surface area contributed by atoms with Gasteiger partial charge in [0, 0.05) is 18.0 Å². The molecule has 1 aromatic carbocycles. The number of nitrogens with two attached hydrogens (primary N) is 1. The quantitative estimate of drug-likeness (QED) is 0.927. The van der Waals surface area contributed by atoms with Crippen LogP contribution in [-0.2, 0) is 7.05 Å². The van der Waals surface area contributed by atoms with Crippen LogP contribution < -0.4 is 5.73 Å². The van der Waals surface area contributed by atoms with E-state index in [-0.39, 0.29) is 11.9 Å². The van der Waals surface area contributed by atoms with Crippen molar-refractivity contribution in [2.75, 3.05) is 0 Å². The third-order valence-electron chi connectivity index (χ3n) is 2.66. The van der Waals surface area contributed by atoms with Gasteiger partial charge in [0.15, 0.2) is 0 Å². The Hall–Kier alpha value is -1.33. The third-order valence-corrected chi connectivity index (χ3v) is 3.80. The highest BCUT2D eigenvalue weighted by Gasteiger charge is 2.10. The van der Waals surface area contributed by atoms with Crippen LogP contribution >= 0.6 is 11.8 Å². The van der Waals surface area contributed by atoms with E-state index in [0.29, 0.717) is 4.90 Å². The molecule has 0 aliphatic carbocycles. The van der Waals surface area contributed by atoms with E-state index >= 15 is 0 Å². The average molecular weight is 265 g/mol. The smallest absolute Gasteiger partial charge is 0.137 e. The van der Waals surface area contributed by atoms with Gasteiger partial charge < -0.3 is 5.73 Å². The predicted octanol–water partition coefficient (Wildman–Crippen LogP) is 3.04. The Morgan fingerprint density at radius 1 is 1.39 bits per heavy atom. The summed E-state index contributed by atoms with van der Waals surface area (Å²) >= 11 is 1.37. The van der Waals surface area contributed by atoms with E-state index in [0.717, 1.165) is 16.3 Å². The first kappa shape index (κ1) is 13.1. The summed E-state index contributed by atoms with van der Waals surface area (Å²) in [4.78, 5) is 0.586. The lowest BCUT2D eigenvalue weighted by molar-refractivity contribution is 0.596. The van der Waals surface area contributed by atoms with Gasteiger partial charge in [-0.05, 0) is 37.6 Å². The topological polar surface area (TPSA) is 43.8 Å². The maximum absolute atomic E-state index is 13.9. The first-order chi connectivity index (χ1) is 8.47. The number of aromatic nitrogens is 2. The molecule has 0 aliphatic rings. The summed E-state index contributed by atoms with van der Waals surface area (Å²) < 4.78 is 15.7. The molecule has 1 unspecified atom stereocenters. The molecule has 3 nitrogen and oxygen atoms in total.